The van der Waals surface area contributed by atoms with Gasteiger partial charge in [-0.1, -0.05) is 48.5 Å². The van der Waals surface area contributed by atoms with Crippen LogP contribution in [0.5, 0.6) is 0 Å². The third kappa shape index (κ3) is 7.74. The summed E-state index contributed by atoms with van der Waals surface area (Å²) >= 11 is 1.79. The molecule has 2 aliphatic rings. The molecular weight excluding hydrogens is 574 g/mol. The number of carbonyl (C=O) groups excluding carboxylic acids is 3. The van der Waals surface area contributed by atoms with E-state index in [1.807, 2.05) is 59.5 Å². The molecule has 0 spiro atoms. The van der Waals surface area contributed by atoms with Crippen molar-refractivity contribution in [2.45, 2.75) is 50.2 Å². The van der Waals surface area contributed by atoms with E-state index in [0.29, 0.717) is 19.6 Å². The van der Waals surface area contributed by atoms with Gasteiger partial charge in [0.05, 0.1) is 24.7 Å². The predicted octanol–water partition coefficient (Wildman–Crippen LogP) is 3.22. The molecule has 1 atom stereocenters. The van der Waals surface area contributed by atoms with Gasteiger partial charge in [0.25, 0.3) is 0 Å². The molecule has 44 heavy (non-hydrogen) atoms. The summed E-state index contributed by atoms with van der Waals surface area (Å²) in [6.45, 7) is 3.56. The molecule has 3 heterocycles. The Kier molecular flexibility index (Phi) is 10.8. The van der Waals surface area contributed by atoms with Gasteiger partial charge in [0.1, 0.15) is 0 Å². The van der Waals surface area contributed by atoms with Crippen molar-refractivity contribution in [1.29, 1.82) is 0 Å². The van der Waals surface area contributed by atoms with Crippen molar-refractivity contribution in [3.05, 3.63) is 88.1 Å². The fourth-order valence-corrected chi connectivity index (χ4v) is 7.11. The topological polar surface area (TPSA) is 108 Å². The van der Waals surface area contributed by atoms with Crippen LogP contribution in [0.4, 0.5) is 5.69 Å². The summed E-state index contributed by atoms with van der Waals surface area (Å²) in [5.74, 6) is -0.622. The summed E-state index contributed by atoms with van der Waals surface area (Å²) in [5.41, 5.74) is 8.52. The van der Waals surface area contributed by atoms with Crippen molar-refractivity contribution in [2.75, 3.05) is 51.3 Å². The Morgan fingerprint density at radius 1 is 1.05 bits per heavy atom. The van der Waals surface area contributed by atoms with Gasteiger partial charge in [0, 0.05) is 56.8 Å². The first-order valence-corrected chi connectivity index (χ1v) is 16.3. The third-order valence-corrected chi connectivity index (χ3v) is 9.67. The molecule has 2 aliphatic heterocycles. The van der Waals surface area contributed by atoms with Crippen LogP contribution in [0, 0.1) is 0 Å². The lowest BCUT2D eigenvalue weighted by Crippen LogP contribution is -2.60. The summed E-state index contributed by atoms with van der Waals surface area (Å²) in [6.07, 6.45) is 3.18. The average Bonchev–Trinajstić information content (AvgIpc) is 3.52. The Hall–Kier alpha value is -3.57. The number of para-hydroxylation sites is 1. The molecule has 10 heteroatoms. The number of fused-ring (bicyclic) bond motifs is 1. The van der Waals surface area contributed by atoms with E-state index in [-0.39, 0.29) is 37.2 Å². The van der Waals surface area contributed by atoms with Crippen molar-refractivity contribution < 1.29 is 19.1 Å². The molecule has 3 amide bonds. The van der Waals surface area contributed by atoms with E-state index in [1.165, 1.54) is 9.78 Å². The Morgan fingerprint density at radius 3 is 2.48 bits per heavy atom. The van der Waals surface area contributed by atoms with E-state index >= 15 is 0 Å². The number of piperidine rings is 1. The van der Waals surface area contributed by atoms with Gasteiger partial charge in [-0.05, 0) is 60.4 Å². The fourth-order valence-electron chi connectivity index (χ4n) is 6.41. The monoisotopic (exact) mass is 617 g/mol. The molecule has 0 bridgehead atoms. The summed E-state index contributed by atoms with van der Waals surface area (Å²) in [6, 6.07) is 21.1. The van der Waals surface area contributed by atoms with Gasteiger partial charge in [-0.3, -0.25) is 14.4 Å². The van der Waals surface area contributed by atoms with Crippen LogP contribution in [0.1, 0.15) is 35.3 Å². The summed E-state index contributed by atoms with van der Waals surface area (Å²) < 4.78 is 5.74. The number of amides is 3. The van der Waals surface area contributed by atoms with Gasteiger partial charge in [0.2, 0.25) is 17.7 Å². The molecule has 0 unspecified atom stereocenters. The second-order valence-corrected chi connectivity index (χ2v) is 12.8. The van der Waals surface area contributed by atoms with Crippen molar-refractivity contribution in [2.24, 2.45) is 5.73 Å². The average molecular weight is 618 g/mol. The minimum Gasteiger partial charge on any atom is -0.382 e. The van der Waals surface area contributed by atoms with Crippen LogP contribution in [-0.4, -0.2) is 85.5 Å². The van der Waals surface area contributed by atoms with Gasteiger partial charge >= 0.3 is 0 Å². The standard InChI is InChI=1S/C34H43N5O4S/c1-43-25-34(15-19-37(20-16-34)18-14-29-12-7-21-44-29)39(28-10-3-2-4-11-28)32(41)13-17-36-31(40)24-38-23-27-9-6-5-8-26(27)22-30(35)33(38)42/h2-12,21,30H,13-20,22-25,35H2,1H3,(H,36,40)/t30-/m0/s1. The minimum atomic E-state index is -0.688. The molecule has 2 aromatic carbocycles. The van der Waals surface area contributed by atoms with Crippen LogP contribution in [0.25, 0.3) is 0 Å². The van der Waals surface area contributed by atoms with E-state index in [9.17, 15) is 14.4 Å². The number of ether oxygens (including phenoxy) is 1. The zero-order valence-electron chi connectivity index (χ0n) is 25.5. The number of anilines is 1. The molecule has 3 aromatic rings. The molecule has 1 saturated heterocycles. The molecule has 234 valence electrons. The maximum absolute atomic E-state index is 14.0. The van der Waals surface area contributed by atoms with E-state index < -0.39 is 11.6 Å². The molecule has 1 aromatic heterocycles. The van der Waals surface area contributed by atoms with Gasteiger partial charge in [-0.25, -0.2) is 0 Å². The van der Waals surface area contributed by atoms with Crippen LogP contribution in [-0.2, 0) is 38.5 Å². The molecule has 0 saturated carbocycles. The lowest BCUT2D eigenvalue weighted by molar-refractivity contribution is -0.137. The number of thiophene rings is 1. The van der Waals surface area contributed by atoms with Crippen LogP contribution in [0.3, 0.4) is 0 Å². The first-order valence-electron chi connectivity index (χ1n) is 15.4. The number of nitrogens with two attached hydrogens (primary N) is 1. The molecule has 0 radical (unpaired) electrons. The first kappa shape index (κ1) is 31.8. The lowest BCUT2D eigenvalue weighted by Gasteiger charge is -2.48. The molecule has 5 rings (SSSR count). The summed E-state index contributed by atoms with van der Waals surface area (Å²) in [5, 5.41) is 4.99. The van der Waals surface area contributed by atoms with E-state index in [2.05, 4.69) is 27.7 Å². The first-order chi connectivity index (χ1) is 21.4. The van der Waals surface area contributed by atoms with Crippen molar-refractivity contribution in [1.82, 2.24) is 15.1 Å². The smallest absolute Gasteiger partial charge is 0.240 e. The number of methoxy groups -OCH3 is 1. The quantitative estimate of drug-likeness (QED) is 0.323. The van der Waals surface area contributed by atoms with Crippen LogP contribution in [0.15, 0.2) is 72.1 Å². The highest BCUT2D eigenvalue weighted by atomic mass is 32.1. The number of nitrogens with one attached hydrogen (secondary N) is 1. The normalized spacial score (nSPS) is 18.4. The van der Waals surface area contributed by atoms with Crippen molar-refractivity contribution in [3.8, 4) is 0 Å². The number of benzene rings is 2. The van der Waals surface area contributed by atoms with Gasteiger partial charge in [-0.2, -0.15) is 0 Å². The predicted molar refractivity (Wildman–Crippen MR) is 173 cm³/mol. The van der Waals surface area contributed by atoms with Crippen LogP contribution >= 0.6 is 11.3 Å². The summed E-state index contributed by atoms with van der Waals surface area (Å²) in [7, 11) is 1.69. The third-order valence-electron chi connectivity index (χ3n) is 8.74. The maximum Gasteiger partial charge on any atom is 0.240 e. The Balaban J connectivity index is 1.21. The highest BCUT2D eigenvalue weighted by Crippen LogP contribution is 2.34. The SMILES string of the molecule is COCC1(N(C(=O)CCNC(=O)CN2Cc3ccccc3C[C@H](N)C2=O)c2ccccc2)CCN(CCc2cccs2)CC1. The maximum atomic E-state index is 14.0. The molecule has 0 aliphatic carbocycles. The zero-order chi connectivity index (χ0) is 30.9. The van der Waals surface area contributed by atoms with Crippen molar-refractivity contribution >= 4 is 34.7 Å². The Morgan fingerprint density at radius 2 is 1.77 bits per heavy atom. The van der Waals surface area contributed by atoms with E-state index in [1.54, 1.807) is 18.4 Å². The molecule has 9 nitrogen and oxygen atoms in total. The number of hydrogen-bond acceptors (Lipinski definition) is 7. The van der Waals surface area contributed by atoms with Gasteiger partial charge < -0.3 is 30.5 Å². The number of hydrogen-bond donors (Lipinski definition) is 2. The second kappa shape index (κ2) is 14.9. The second-order valence-electron chi connectivity index (χ2n) is 11.8. The van der Waals surface area contributed by atoms with Crippen molar-refractivity contribution in [3.63, 3.8) is 0 Å². The largest absolute Gasteiger partial charge is 0.382 e. The number of nitrogens with zero attached hydrogens (tertiary/aromatic N) is 3. The Bertz CT molecular complexity index is 1390. The minimum absolute atomic E-state index is 0.0672. The van der Waals surface area contributed by atoms with Gasteiger partial charge in [0.15, 0.2) is 0 Å². The fraction of sp³-hybridized carbons (Fsp3) is 0.441. The number of carbonyl (C=O) groups is 3. The highest BCUT2D eigenvalue weighted by Gasteiger charge is 2.43. The highest BCUT2D eigenvalue weighted by molar-refractivity contribution is 7.09. The molecule has 3 N–H and O–H groups in total. The van der Waals surface area contributed by atoms with E-state index in [4.69, 9.17) is 10.5 Å². The van der Waals surface area contributed by atoms with Gasteiger partial charge in [-0.15, -0.1) is 11.3 Å². The number of rotatable bonds is 12. The van der Waals surface area contributed by atoms with Crippen LogP contribution < -0.4 is 16.0 Å². The molecular formula is C34H43N5O4S. The summed E-state index contributed by atoms with van der Waals surface area (Å²) in [4.78, 5) is 47.1. The van der Waals surface area contributed by atoms with Crippen LogP contribution in [0.2, 0.25) is 0 Å². The molecule has 1 fully saturated rings. The zero-order valence-corrected chi connectivity index (χ0v) is 26.3. The number of likely N-dealkylation sites (tertiary alicyclic amines) is 1. The van der Waals surface area contributed by atoms with E-state index in [0.717, 1.165) is 55.7 Å². The lowest BCUT2D eigenvalue weighted by atomic mass is 9.85. The Labute approximate surface area is 264 Å².